The van der Waals surface area contributed by atoms with Gasteiger partial charge in [-0.25, -0.2) is 4.98 Å². The van der Waals surface area contributed by atoms with Crippen molar-refractivity contribution in [1.82, 2.24) is 14.8 Å². The average Bonchev–Trinajstić information content (AvgIpc) is 3.24. The molecule has 0 aliphatic heterocycles. The topological polar surface area (TPSA) is 45.7 Å². The predicted octanol–water partition coefficient (Wildman–Crippen LogP) is 4.58. The molecular weight excluding hydrogens is 406 g/mol. The zero-order valence-electron chi connectivity index (χ0n) is 16.5. The van der Waals surface area contributed by atoms with Crippen LogP contribution in [0.15, 0.2) is 59.4 Å². The van der Waals surface area contributed by atoms with E-state index in [4.69, 9.17) is 16.3 Å². The fourth-order valence-electron chi connectivity index (χ4n) is 2.75. The van der Waals surface area contributed by atoms with E-state index < -0.39 is 0 Å². The van der Waals surface area contributed by atoms with Crippen LogP contribution in [-0.4, -0.2) is 47.9 Å². The molecule has 0 aliphatic carbocycles. The fraction of sp³-hybridized carbons (Fsp3) is 0.273. The number of halogens is 1. The zero-order chi connectivity index (χ0) is 20.6. The van der Waals surface area contributed by atoms with Crippen LogP contribution in [0.5, 0.6) is 5.75 Å². The fourth-order valence-corrected chi connectivity index (χ4v) is 3.42. The average molecular weight is 430 g/mol. The summed E-state index contributed by atoms with van der Waals surface area (Å²) in [5.41, 5.74) is 4.30. The van der Waals surface area contributed by atoms with Crippen molar-refractivity contribution in [3.8, 4) is 5.75 Å². The van der Waals surface area contributed by atoms with Gasteiger partial charge in [-0.05, 0) is 50.0 Å². The Balaban J connectivity index is 1.73. The van der Waals surface area contributed by atoms with Crippen molar-refractivity contribution >= 4 is 28.8 Å². The van der Waals surface area contributed by atoms with Gasteiger partial charge in [0.05, 0.1) is 11.2 Å². The Morgan fingerprint density at radius 3 is 2.62 bits per heavy atom. The van der Waals surface area contributed by atoms with Crippen molar-refractivity contribution in [2.75, 3.05) is 27.2 Å². The summed E-state index contributed by atoms with van der Waals surface area (Å²) < 4.78 is 5.80. The molecule has 29 heavy (non-hydrogen) atoms. The molecule has 152 valence electrons. The van der Waals surface area contributed by atoms with Gasteiger partial charge >= 0.3 is 0 Å². The summed E-state index contributed by atoms with van der Waals surface area (Å²) in [4.78, 5) is 21.4. The zero-order valence-corrected chi connectivity index (χ0v) is 18.1. The van der Waals surface area contributed by atoms with E-state index in [-0.39, 0.29) is 5.91 Å². The number of hydrogen-bond donors (Lipinski definition) is 0. The Bertz CT molecular complexity index is 914. The molecule has 0 fully saturated rings. The second kappa shape index (κ2) is 10.4. The van der Waals surface area contributed by atoms with E-state index in [0.29, 0.717) is 36.0 Å². The summed E-state index contributed by atoms with van der Waals surface area (Å²) in [7, 11) is 4.00. The lowest BCUT2D eigenvalue weighted by molar-refractivity contribution is 0.0731. The van der Waals surface area contributed by atoms with Crippen LogP contribution in [-0.2, 0) is 13.2 Å². The van der Waals surface area contributed by atoms with Gasteiger partial charge in [-0.3, -0.25) is 4.79 Å². The number of nitrogens with zero attached hydrogens (tertiary/aromatic N) is 3. The molecule has 3 aromatic rings. The van der Waals surface area contributed by atoms with Gasteiger partial charge < -0.3 is 14.5 Å². The largest absolute Gasteiger partial charge is 0.487 e. The number of carbonyl (C=O) groups excluding carboxylic acids is 1. The molecule has 0 radical (unpaired) electrons. The lowest BCUT2D eigenvalue weighted by Gasteiger charge is -2.25. The van der Waals surface area contributed by atoms with E-state index in [2.05, 4.69) is 9.88 Å². The van der Waals surface area contributed by atoms with Crippen molar-refractivity contribution in [3.63, 3.8) is 0 Å². The van der Waals surface area contributed by atoms with Crippen LogP contribution >= 0.6 is 22.9 Å². The monoisotopic (exact) mass is 429 g/mol. The van der Waals surface area contributed by atoms with Crippen molar-refractivity contribution in [1.29, 1.82) is 0 Å². The molecule has 1 amide bonds. The number of benzene rings is 2. The standard InChI is InChI=1S/C22H24ClN3O2S/c1-25(2)10-11-26(13-17-6-8-19(23)9-7-17)22(27)18-4-3-5-21(12-18)28-14-20-15-29-16-24-20/h3-9,12,15-16H,10-11,13-14H2,1-2H3. The normalized spacial score (nSPS) is 10.9. The number of aromatic nitrogens is 1. The lowest BCUT2D eigenvalue weighted by atomic mass is 10.1. The Labute approximate surface area is 180 Å². The van der Waals surface area contributed by atoms with Crippen LogP contribution in [0.1, 0.15) is 21.6 Å². The predicted molar refractivity (Wildman–Crippen MR) is 118 cm³/mol. The Kier molecular flexibility index (Phi) is 7.63. The maximum absolute atomic E-state index is 13.2. The molecule has 0 unspecified atom stereocenters. The van der Waals surface area contributed by atoms with Gasteiger partial charge in [0.25, 0.3) is 5.91 Å². The van der Waals surface area contributed by atoms with E-state index in [9.17, 15) is 4.79 Å². The molecule has 0 N–H and O–H groups in total. The van der Waals surface area contributed by atoms with Gasteiger partial charge in [-0.15, -0.1) is 11.3 Å². The maximum Gasteiger partial charge on any atom is 0.254 e. The van der Waals surface area contributed by atoms with Crippen LogP contribution in [0.3, 0.4) is 0 Å². The Hall–Kier alpha value is -2.41. The van der Waals surface area contributed by atoms with E-state index >= 15 is 0 Å². The van der Waals surface area contributed by atoms with E-state index in [1.54, 1.807) is 11.6 Å². The van der Waals surface area contributed by atoms with Crippen LogP contribution in [0.2, 0.25) is 5.02 Å². The molecule has 0 saturated heterocycles. The summed E-state index contributed by atoms with van der Waals surface area (Å²) in [5, 5.41) is 2.63. The van der Waals surface area contributed by atoms with Crippen molar-refractivity contribution in [2.45, 2.75) is 13.2 Å². The van der Waals surface area contributed by atoms with Gasteiger partial charge in [0.2, 0.25) is 0 Å². The first-order chi connectivity index (χ1) is 14.0. The number of rotatable bonds is 9. The third-order valence-corrected chi connectivity index (χ3v) is 5.23. The van der Waals surface area contributed by atoms with Gasteiger partial charge in [-0.2, -0.15) is 0 Å². The first-order valence-electron chi connectivity index (χ1n) is 9.29. The maximum atomic E-state index is 13.2. The van der Waals surface area contributed by atoms with E-state index in [0.717, 1.165) is 17.8 Å². The minimum atomic E-state index is -0.0269. The first kappa shape index (κ1) is 21.3. The van der Waals surface area contributed by atoms with Crippen molar-refractivity contribution < 1.29 is 9.53 Å². The molecular formula is C22H24ClN3O2S. The molecule has 1 heterocycles. The molecule has 3 rings (SSSR count). The Morgan fingerprint density at radius 1 is 1.14 bits per heavy atom. The van der Waals surface area contributed by atoms with Gasteiger partial charge in [0.15, 0.2) is 0 Å². The molecule has 5 nitrogen and oxygen atoms in total. The number of likely N-dealkylation sites (N-methyl/N-ethyl adjacent to an activating group) is 1. The molecule has 0 bridgehead atoms. The van der Waals surface area contributed by atoms with E-state index in [1.165, 1.54) is 11.3 Å². The molecule has 1 aromatic heterocycles. The van der Waals surface area contributed by atoms with Crippen LogP contribution in [0.25, 0.3) is 0 Å². The number of carbonyl (C=O) groups is 1. The van der Waals surface area contributed by atoms with Gasteiger partial charge in [-0.1, -0.05) is 29.8 Å². The Morgan fingerprint density at radius 2 is 1.93 bits per heavy atom. The first-order valence-corrected chi connectivity index (χ1v) is 10.6. The molecule has 2 aromatic carbocycles. The lowest BCUT2D eigenvalue weighted by Crippen LogP contribution is -2.36. The second-order valence-electron chi connectivity index (χ2n) is 6.95. The highest BCUT2D eigenvalue weighted by Gasteiger charge is 2.17. The van der Waals surface area contributed by atoms with Crippen LogP contribution in [0, 0.1) is 0 Å². The summed E-state index contributed by atoms with van der Waals surface area (Å²) in [5.74, 6) is 0.629. The molecule has 0 spiro atoms. The summed E-state index contributed by atoms with van der Waals surface area (Å²) in [6.07, 6.45) is 0. The van der Waals surface area contributed by atoms with E-state index in [1.807, 2.05) is 66.8 Å². The summed E-state index contributed by atoms with van der Waals surface area (Å²) in [6.45, 7) is 2.31. The third-order valence-electron chi connectivity index (χ3n) is 4.34. The van der Waals surface area contributed by atoms with Gasteiger partial charge in [0.1, 0.15) is 12.4 Å². The smallest absolute Gasteiger partial charge is 0.254 e. The van der Waals surface area contributed by atoms with Gasteiger partial charge in [0, 0.05) is 35.6 Å². The van der Waals surface area contributed by atoms with Crippen LogP contribution in [0.4, 0.5) is 0 Å². The molecule has 7 heteroatoms. The third kappa shape index (κ3) is 6.56. The quantitative estimate of drug-likeness (QED) is 0.499. The van der Waals surface area contributed by atoms with Crippen molar-refractivity contribution in [3.05, 3.63) is 81.3 Å². The minimum Gasteiger partial charge on any atom is -0.487 e. The van der Waals surface area contributed by atoms with Crippen molar-refractivity contribution in [2.24, 2.45) is 0 Å². The second-order valence-corrected chi connectivity index (χ2v) is 8.11. The number of hydrogen-bond acceptors (Lipinski definition) is 5. The molecule has 0 saturated carbocycles. The number of thiazole rings is 1. The molecule has 0 atom stereocenters. The summed E-state index contributed by atoms with van der Waals surface area (Å²) in [6, 6.07) is 14.9. The highest BCUT2D eigenvalue weighted by molar-refractivity contribution is 7.07. The number of amides is 1. The number of ether oxygens (including phenoxy) is 1. The SMILES string of the molecule is CN(C)CCN(Cc1ccc(Cl)cc1)C(=O)c1cccc(OCc2cscn2)c1. The highest BCUT2D eigenvalue weighted by atomic mass is 35.5. The highest BCUT2D eigenvalue weighted by Crippen LogP contribution is 2.18. The van der Waals surface area contributed by atoms with Crippen LogP contribution < -0.4 is 4.74 Å². The summed E-state index contributed by atoms with van der Waals surface area (Å²) >= 11 is 7.52. The molecule has 0 aliphatic rings. The minimum absolute atomic E-state index is 0.0269.